The zero-order valence-electron chi connectivity index (χ0n) is 8.47. The van der Waals surface area contributed by atoms with Crippen LogP contribution in [-0.2, 0) is 9.53 Å². The highest BCUT2D eigenvalue weighted by molar-refractivity contribution is 6.22. The summed E-state index contributed by atoms with van der Waals surface area (Å²) in [6, 6.07) is 1.45. The second-order valence-electron chi connectivity index (χ2n) is 3.19. The summed E-state index contributed by atoms with van der Waals surface area (Å²) in [7, 11) is 1.20. The van der Waals surface area contributed by atoms with E-state index >= 15 is 0 Å². The van der Waals surface area contributed by atoms with E-state index in [0.717, 1.165) is 4.90 Å². The largest absolute Gasteiger partial charge is 0.468 e. The molecule has 82 valence electrons. The predicted molar refractivity (Wildman–Crippen MR) is 51.6 cm³/mol. The summed E-state index contributed by atoms with van der Waals surface area (Å²) in [4.78, 5) is 39.1. The van der Waals surface area contributed by atoms with Gasteiger partial charge in [0.25, 0.3) is 11.8 Å². The van der Waals surface area contributed by atoms with Crippen LogP contribution in [0.15, 0.2) is 18.5 Å². The van der Waals surface area contributed by atoms with Crippen LogP contribution in [0.25, 0.3) is 0 Å². The number of ether oxygens (including phenoxy) is 1. The second kappa shape index (κ2) is 3.73. The molecule has 6 nitrogen and oxygen atoms in total. The molecule has 16 heavy (non-hydrogen) atoms. The molecule has 0 spiro atoms. The Morgan fingerprint density at radius 2 is 2.06 bits per heavy atom. The molecule has 2 amide bonds. The van der Waals surface area contributed by atoms with Crippen molar-refractivity contribution in [2.24, 2.45) is 0 Å². The molecule has 0 aliphatic carbocycles. The van der Waals surface area contributed by atoms with E-state index in [2.05, 4.69) is 9.72 Å². The maximum atomic E-state index is 11.7. The van der Waals surface area contributed by atoms with E-state index in [9.17, 15) is 14.4 Å². The number of carbonyl (C=O) groups is 3. The molecule has 1 aromatic heterocycles. The summed E-state index contributed by atoms with van der Waals surface area (Å²) in [6.45, 7) is -0.372. The van der Waals surface area contributed by atoms with Crippen LogP contribution in [0.3, 0.4) is 0 Å². The fourth-order valence-corrected chi connectivity index (χ4v) is 1.47. The molecule has 6 heteroatoms. The van der Waals surface area contributed by atoms with Crippen molar-refractivity contribution in [3.05, 3.63) is 29.6 Å². The number of pyridine rings is 1. The van der Waals surface area contributed by atoms with E-state index in [0.29, 0.717) is 0 Å². The molecular weight excluding hydrogens is 212 g/mol. The quantitative estimate of drug-likeness (QED) is 0.511. The van der Waals surface area contributed by atoms with Gasteiger partial charge in [-0.25, -0.2) is 0 Å². The Morgan fingerprint density at radius 1 is 1.38 bits per heavy atom. The van der Waals surface area contributed by atoms with Gasteiger partial charge in [-0.15, -0.1) is 0 Å². The number of imide groups is 1. The molecule has 0 radical (unpaired) electrons. The molecule has 0 saturated carbocycles. The number of carbonyl (C=O) groups excluding carboxylic acids is 3. The van der Waals surface area contributed by atoms with Gasteiger partial charge in [0.2, 0.25) is 0 Å². The van der Waals surface area contributed by atoms with Gasteiger partial charge in [-0.2, -0.15) is 0 Å². The normalized spacial score (nSPS) is 13.9. The first-order chi connectivity index (χ1) is 7.65. The van der Waals surface area contributed by atoms with Gasteiger partial charge in [-0.3, -0.25) is 24.3 Å². The first-order valence-electron chi connectivity index (χ1n) is 4.52. The predicted octanol–water partition coefficient (Wildman–Crippen LogP) is -0.149. The van der Waals surface area contributed by atoms with Gasteiger partial charge in [-0.05, 0) is 6.07 Å². The van der Waals surface area contributed by atoms with Crippen molar-refractivity contribution in [1.29, 1.82) is 0 Å². The van der Waals surface area contributed by atoms with E-state index in [4.69, 9.17) is 0 Å². The molecule has 0 atom stereocenters. The fourth-order valence-electron chi connectivity index (χ4n) is 1.47. The number of amides is 2. The van der Waals surface area contributed by atoms with Crippen molar-refractivity contribution in [2.45, 2.75) is 0 Å². The van der Waals surface area contributed by atoms with Crippen molar-refractivity contribution >= 4 is 17.8 Å². The molecule has 1 aromatic rings. The van der Waals surface area contributed by atoms with Crippen molar-refractivity contribution in [3.8, 4) is 0 Å². The number of nitrogens with zero attached hydrogens (tertiary/aromatic N) is 2. The van der Waals surface area contributed by atoms with Crippen LogP contribution in [0.5, 0.6) is 0 Å². The van der Waals surface area contributed by atoms with Crippen LogP contribution >= 0.6 is 0 Å². The number of rotatable bonds is 2. The van der Waals surface area contributed by atoms with Crippen molar-refractivity contribution in [2.75, 3.05) is 13.7 Å². The van der Waals surface area contributed by atoms with Gasteiger partial charge in [0, 0.05) is 12.4 Å². The van der Waals surface area contributed by atoms with Gasteiger partial charge in [0.15, 0.2) is 0 Å². The lowest BCUT2D eigenvalue weighted by molar-refractivity contribution is -0.140. The highest BCUT2D eigenvalue weighted by atomic mass is 16.5. The maximum absolute atomic E-state index is 11.7. The summed E-state index contributed by atoms with van der Waals surface area (Å²) in [6.07, 6.45) is 2.73. The van der Waals surface area contributed by atoms with Crippen molar-refractivity contribution in [3.63, 3.8) is 0 Å². The first-order valence-corrected chi connectivity index (χ1v) is 4.52. The van der Waals surface area contributed by atoms with Gasteiger partial charge in [0.05, 0.1) is 18.2 Å². The van der Waals surface area contributed by atoms with E-state index in [-0.39, 0.29) is 17.7 Å². The zero-order chi connectivity index (χ0) is 11.7. The lowest BCUT2D eigenvalue weighted by atomic mass is 10.2. The molecule has 1 aliphatic rings. The summed E-state index contributed by atoms with van der Waals surface area (Å²) < 4.78 is 4.41. The Hall–Kier alpha value is -2.24. The number of aromatic nitrogens is 1. The zero-order valence-corrected chi connectivity index (χ0v) is 8.47. The van der Waals surface area contributed by atoms with Crippen LogP contribution in [0.2, 0.25) is 0 Å². The third kappa shape index (κ3) is 1.44. The molecule has 1 aliphatic heterocycles. The van der Waals surface area contributed by atoms with E-state index in [1.807, 2.05) is 0 Å². The fraction of sp³-hybridized carbons (Fsp3) is 0.200. The van der Waals surface area contributed by atoms with Gasteiger partial charge in [-0.1, -0.05) is 0 Å². The average molecular weight is 220 g/mol. The summed E-state index contributed by atoms with van der Waals surface area (Å²) in [5.41, 5.74) is 0.486. The standard InChI is InChI=1S/C10H8N2O4/c1-16-8(13)5-12-9(14)6-2-3-11-4-7(6)10(12)15/h2-4H,5H2,1H3. The highest BCUT2D eigenvalue weighted by Crippen LogP contribution is 2.20. The van der Waals surface area contributed by atoms with Crippen LogP contribution in [0, 0.1) is 0 Å². The Labute approximate surface area is 90.8 Å². The monoisotopic (exact) mass is 220 g/mol. The summed E-state index contributed by atoms with van der Waals surface area (Å²) in [5.74, 6) is -1.64. The third-order valence-electron chi connectivity index (χ3n) is 2.29. The van der Waals surface area contributed by atoms with Crippen LogP contribution in [-0.4, -0.2) is 41.3 Å². The summed E-state index contributed by atoms with van der Waals surface area (Å²) >= 11 is 0. The van der Waals surface area contributed by atoms with E-state index in [1.165, 1.54) is 25.6 Å². The SMILES string of the molecule is COC(=O)CN1C(=O)c2ccncc2C1=O. The summed E-state index contributed by atoms with van der Waals surface area (Å²) in [5, 5.41) is 0. The van der Waals surface area contributed by atoms with Crippen LogP contribution in [0.4, 0.5) is 0 Å². The molecular formula is C10H8N2O4. The van der Waals surface area contributed by atoms with Crippen molar-refractivity contribution < 1.29 is 19.1 Å². The van der Waals surface area contributed by atoms with Gasteiger partial charge in [0.1, 0.15) is 6.54 Å². The first kappa shape index (κ1) is 10.3. The molecule has 0 aromatic carbocycles. The van der Waals surface area contributed by atoms with E-state index in [1.54, 1.807) is 0 Å². The lowest BCUT2D eigenvalue weighted by Crippen LogP contribution is -2.35. The molecule has 0 bridgehead atoms. The Balaban J connectivity index is 2.32. The Morgan fingerprint density at radius 3 is 2.69 bits per heavy atom. The lowest BCUT2D eigenvalue weighted by Gasteiger charge is -2.11. The van der Waals surface area contributed by atoms with Crippen LogP contribution in [0.1, 0.15) is 20.7 Å². The van der Waals surface area contributed by atoms with Crippen molar-refractivity contribution in [1.82, 2.24) is 9.88 Å². The Kier molecular flexibility index (Phi) is 2.40. The minimum absolute atomic E-state index is 0.219. The number of esters is 1. The third-order valence-corrected chi connectivity index (χ3v) is 2.29. The minimum Gasteiger partial charge on any atom is -0.468 e. The smallest absolute Gasteiger partial charge is 0.325 e. The topological polar surface area (TPSA) is 76.6 Å². The number of hydrogen-bond acceptors (Lipinski definition) is 5. The number of fused-ring (bicyclic) bond motifs is 1. The van der Waals surface area contributed by atoms with E-state index < -0.39 is 17.8 Å². The highest BCUT2D eigenvalue weighted by Gasteiger charge is 2.36. The minimum atomic E-state index is -0.637. The van der Waals surface area contributed by atoms with Gasteiger partial charge < -0.3 is 4.74 Å². The molecule has 0 unspecified atom stereocenters. The molecule has 2 rings (SSSR count). The van der Waals surface area contributed by atoms with Gasteiger partial charge >= 0.3 is 5.97 Å². The van der Waals surface area contributed by atoms with Crippen LogP contribution < -0.4 is 0 Å². The average Bonchev–Trinajstić information content (AvgIpc) is 2.55. The number of hydrogen-bond donors (Lipinski definition) is 0. The second-order valence-corrected chi connectivity index (χ2v) is 3.19. The molecule has 0 saturated heterocycles. The molecule has 2 heterocycles. The molecule has 0 fully saturated rings. The molecule has 0 N–H and O–H groups in total. The maximum Gasteiger partial charge on any atom is 0.325 e. The number of methoxy groups -OCH3 is 1. The Bertz CT molecular complexity index is 448.